The number of benzene rings is 1. The quantitative estimate of drug-likeness (QED) is 0.828. The van der Waals surface area contributed by atoms with Crippen molar-refractivity contribution in [3.8, 4) is 0 Å². The zero-order valence-electron chi connectivity index (χ0n) is 10.1. The van der Waals surface area contributed by atoms with Crippen LogP contribution < -0.4 is 0 Å². The van der Waals surface area contributed by atoms with E-state index in [4.69, 9.17) is 9.84 Å². The number of esters is 1. The molecule has 18 heavy (non-hydrogen) atoms. The number of carboxylic acids is 1. The van der Waals surface area contributed by atoms with Crippen LogP contribution in [0.15, 0.2) is 12.1 Å². The molecule has 6 heteroatoms. The molecule has 0 fully saturated rings. The van der Waals surface area contributed by atoms with Crippen molar-refractivity contribution in [3.05, 3.63) is 34.9 Å². The fourth-order valence-corrected chi connectivity index (χ4v) is 1.21. The van der Waals surface area contributed by atoms with Gasteiger partial charge in [0, 0.05) is 0 Å². The Balaban J connectivity index is 3.17. The van der Waals surface area contributed by atoms with Gasteiger partial charge in [-0.25, -0.2) is 18.4 Å². The van der Waals surface area contributed by atoms with Gasteiger partial charge in [-0.15, -0.1) is 0 Å². The molecule has 0 saturated carbocycles. The van der Waals surface area contributed by atoms with Crippen LogP contribution in [0.25, 0.3) is 0 Å². The summed E-state index contributed by atoms with van der Waals surface area (Å²) in [4.78, 5) is 22.1. The van der Waals surface area contributed by atoms with Crippen LogP contribution in [0.4, 0.5) is 8.78 Å². The second-order valence-electron chi connectivity index (χ2n) is 4.60. The third kappa shape index (κ3) is 3.03. The average Bonchev–Trinajstić information content (AvgIpc) is 2.18. The SMILES string of the molecule is CC(C)(C)OC(=O)c1ccc(C(=O)O)c(F)c1F. The largest absolute Gasteiger partial charge is 0.478 e. The minimum atomic E-state index is -1.61. The molecule has 1 rings (SSSR count). The van der Waals surface area contributed by atoms with E-state index >= 15 is 0 Å². The van der Waals surface area contributed by atoms with Crippen molar-refractivity contribution in [3.63, 3.8) is 0 Å². The number of ether oxygens (including phenoxy) is 1. The van der Waals surface area contributed by atoms with Crippen LogP contribution in [0.5, 0.6) is 0 Å². The maximum absolute atomic E-state index is 13.5. The molecule has 0 bridgehead atoms. The molecule has 0 atom stereocenters. The summed E-state index contributed by atoms with van der Waals surface area (Å²) >= 11 is 0. The third-order valence-electron chi connectivity index (χ3n) is 1.93. The average molecular weight is 258 g/mol. The zero-order valence-corrected chi connectivity index (χ0v) is 10.1. The smallest absolute Gasteiger partial charge is 0.341 e. The van der Waals surface area contributed by atoms with E-state index in [0.29, 0.717) is 0 Å². The number of carboxylic acid groups (broad SMARTS) is 1. The van der Waals surface area contributed by atoms with Gasteiger partial charge in [0.15, 0.2) is 11.6 Å². The number of hydrogen-bond donors (Lipinski definition) is 1. The molecule has 4 nitrogen and oxygen atoms in total. The van der Waals surface area contributed by atoms with Crippen molar-refractivity contribution in [2.45, 2.75) is 26.4 Å². The maximum Gasteiger partial charge on any atom is 0.341 e. The Labute approximate surface area is 102 Å². The highest BCUT2D eigenvalue weighted by Gasteiger charge is 2.25. The normalized spacial score (nSPS) is 11.2. The van der Waals surface area contributed by atoms with Gasteiger partial charge in [-0.05, 0) is 32.9 Å². The highest BCUT2D eigenvalue weighted by atomic mass is 19.2. The Morgan fingerprint density at radius 2 is 1.56 bits per heavy atom. The summed E-state index contributed by atoms with van der Waals surface area (Å²) in [7, 11) is 0. The van der Waals surface area contributed by atoms with Gasteiger partial charge < -0.3 is 9.84 Å². The number of aromatic carboxylic acids is 1. The number of rotatable bonds is 2. The summed E-state index contributed by atoms with van der Waals surface area (Å²) in [6.45, 7) is 4.72. The molecular weight excluding hydrogens is 246 g/mol. The van der Waals surface area contributed by atoms with Crippen LogP contribution >= 0.6 is 0 Å². The van der Waals surface area contributed by atoms with Crippen LogP contribution in [0.3, 0.4) is 0 Å². The van der Waals surface area contributed by atoms with E-state index in [1.54, 1.807) is 20.8 Å². The number of halogens is 2. The summed E-state index contributed by atoms with van der Waals surface area (Å²) in [5.74, 6) is -5.76. The van der Waals surface area contributed by atoms with Crippen molar-refractivity contribution >= 4 is 11.9 Å². The zero-order chi connectivity index (χ0) is 14.1. The minimum Gasteiger partial charge on any atom is -0.478 e. The molecule has 0 saturated heterocycles. The van der Waals surface area contributed by atoms with E-state index in [9.17, 15) is 18.4 Å². The predicted molar refractivity (Wildman–Crippen MR) is 58.5 cm³/mol. The molecule has 0 unspecified atom stereocenters. The van der Waals surface area contributed by atoms with Crippen LogP contribution in [0.2, 0.25) is 0 Å². The molecule has 1 N–H and O–H groups in total. The lowest BCUT2D eigenvalue weighted by Crippen LogP contribution is -2.25. The van der Waals surface area contributed by atoms with Crippen molar-refractivity contribution in [1.29, 1.82) is 0 Å². The molecule has 0 heterocycles. The monoisotopic (exact) mass is 258 g/mol. The van der Waals surface area contributed by atoms with Gasteiger partial charge >= 0.3 is 11.9 Å². The lowest BCUT2D eigenvalue weighted by atomic mass is 10.1. The second-order valence-corrected chi connectivity index (χ2v) is 4.60. The van der Waals surface area contributed by atoms with Gasteiger partial charge in [0.2, 0.25) is 0 Å². The predicted octanol–water partition coefficient (Wildman–Crippen LogP) is 2.62. The van der Waals surface area contributed by atoms with Crippen molar-refractivity contribution < 1.29 is 28.2 Å². The highest BCUT2D eigenvalue weighted by Crippen LogP contribution is 2.19. The molecule has 0 radical (unpaired) electrons. The van der Waals surface area contributed by atoms with E-state index in [0.717, 1.165) is 12.1 Å². The Kier molecular flexibility index (Phi) is 3.69. The molecular formula is C12H12F2O4. The summed E-state index contributed by atoms with van der Waals surface area (Å²) < 4.78 is 31.7. The summed E-state index contributed by atoms with van der Waals surface area (Å²) in [5, 5.41) is 8.58. The Morgan fingerprint density at radius 3 is 2.00 bits per heavy atom. The summed E-state index contributed by atoms with van der Waals surface area (Å²) in [6.07, 6.45) is 0. The van der Waals surface area contributed by atoms with Crippen molar-refractivity contribution in [1.82, 2.24) is 0 Å². The van der Waals surface area contributed by atoms with E-state index < -0.39 is 40.3 Å². The number of carbonyl (C=O) groups excluding carboxylic acids is 1. The highest BCUT2D eigenvalue weighted by molar-refractivity contribution is 5.93. The van der Waals surface area contributed by atoms with Gasteiger partial charge in [0.25, 0.3) is 0 Å². The molecule has 0 aliphatic heterocycles. The maximum atomic E-state index is 13.5. The van der Waals surface area contributed by atoms with E-state index in [2.05, 4.69) is 0 Å². The Morgan fingerprint density at radius 1 is 1.11 bits per heavy atom. The summed E-state index contributed by atoms with van der Waals surface area (Å²) in [6, 6.07) is 1.70. The second kappa shape index (κ2) is 4.72. The van der Waals surface area contributed by atoms with Gasteiger partial charge in [0.1, 0.15) is 5.60 Å². The molecule has 1 aromatic rings. The Hall–Kier alpha value is -1.98. The molecule has 0 spiro atoms. The molecule has 0 aliphatic carbocycles. The van der Waals surface area contributed by atoms with Crippen LogP contribution in [0, 0.1) is 11.6 Å². The lowest BCUT2D eigenvalue weighted by molar-refractivity contribution is 0.00630. The molecule has 1 aromatic carbocycles. The van der Waals surface area contributed by atoms with Gasteiger partial charge in [0.05, 0.1) is 11.1 Å². The van der Waals surface area contributed by atoms with Crippen molar-refractivity contribution in [2.24, 2.45) is 0 Å². The van der Waals surface area contributed by atoms with E-state index in [1.165, 1.54) is 0 Å². The van der Waals surface area contributed by atoms with Gasteiger partial charge in [-0.2, -0.15) is 0 Å². The number of carbonyl (C=O) groups is 2. The first kappa shape index (κ1) is 14.1. The standard InChI is InChI=1S/C12H12F2O4/c1-12(2,3)18-11(17)7-5-4-6(10(15)16)8(13)9(7)14/h4-5H,1-3H3,(H,15,16). The molecule has 0 amide bonds. The van der Waals surface area contributed by atoms with Crippen LogP contribution in [-0.2, 0) is 4.74 Å². The minimum absolute atomic E-state index is 0.632. The van der Waals surface area contributed by atoms with E-state index in [-0.39, 0.29) is 0 Å². The van der Waals surface area contributed by atoms with Crippen molar-refractivity contribution in [2.75, 3.05) is 0 Å². The topological polar surface area (TPSA) is 63.6 Å². The Bertz CT molecular complexity index is 504. The first-order valence-corrected chi connectivity index (χ1v) is 5.08. The van der Waals surface area contributed by atoms with E-state index in [1.807, 2.05) is 0 Å². The molecule has 0 aromatic heterocycles. The van der Waals surface area contributed by atoms with Crippen LogP contribution in [-0.4, -0.2) is 22.6 Å². The lowest BCUT2D eigenvalue weighted by Gasteiger charge is -2.19. The summed E-state index contributed by atoms with van der Waals surface area (Å²) in [5.41, 5.74) is -2.32. The first-order chi connectivity index (χ1) is 8.13. The van der Waals surface area contributed by atoms with Gasteiger partial charge in [-0.3, -0.25) is 0 Å². The molecule has 0 aliphatic rings. The fraction of sp³-hybridized carbons (Fsp3) is 0.333. The van der Waals surface area contributed by atoms with Crippen LogP contribution in [0.1, 0.15) is 41.5 Å². The molecule has 98 valence electrons. The fourth-order valence-electron chi connectivity index (χ4n) is 1.21. The number of hydrogen-bond acceptors (Lipinski definition) is 3. The van der Waals surface area contributed by atoms with Gasteiger partial charge in [-0.1, -0.05) is 0 Å². The third-order valence-corrected chi connectivity index (χ3v) is 1.93. The first-order valence-electron chi connectivity index (χ1n) is 5.08.